The van der Waals surface area contributed by atoms with E-state index >= 15 is 0 Å². The number of nitrogen functional groups attached to an aromatic ring is 1. The van der Waals surface area contributed by atoms with Crippen LogP contribution in [0.15, 0.2) is 18.3 Å². The Balaban J connectivity index is 2.26. The number of aromatic nitrogens is 2. The van der Waals surface area contributed by atoms with Gasteiger partial charge in [0.15, 0.2) is 5.69 Å². The van der Waals surface area contributed by atoms with Crippen LogP contribution < -0.4 is 11.1 Å². The fourth-order valence-corrected chi connectivity index (χ4v) is 2.04. The number of pyridine rings is 1. The topological polar surface area (TPSA) is 92.7 Å². The Bertz CT molecular complexity index is 601. The second kappa shape index (κ2) is 3.46. The number of hydrogen-bond acceptors (Lipinski definition) is 4. The minimum absolute atomic E-state index is 0.0687. The molecule has 2 aromatic rings. The molecular formula is C11H12N4O2. The van der Waals surface area contributed by atoms with Crippen LogP contribution in [0.1, 0.15) is 22.2 Å². The van der Waals surface area contributed by atoms with Crippen molar-refractivity contribution in [1.29, 1.82) is 0 Å². The van der Waals surface area contributed by atoms with Gasteiger partial charge in [-0.15, -0.1) is 0 Å². The molecule has 2 aromatic heterocycles. The van der Waals surface area contributed by atoms with Crippen LogP contribution in [0.5, 0.6) is 0 Å². The van der Waals surface area contributed by atoms with Gasteiger partial charge in [-0.05, 0) is 12.1 Å². The summed E-state index contributed by atoms with van der Waals surface area (Å²) in [4.78, 5) is 15.4. The number of nitrogens with one attached hydrogen (secondary N) is 1. The number of imidazole rings is 1. The van der Waals surface area contributed by atoms with E-state index in [4.69, 9.17) is 10.8 Å². The number of anilines is 1. The third-order valence-corrected chi connectivity index (χ3v) is 3.04. The predicted octanol–water partition coefficient (Wildman–Crippen LogP) is 0.302. The Hall–Kier alpha value is -2.08. The van der Waals surface area contributed by atoms with Crippen LogP contribution in [0.25, 0.3) is 5.52 Å². The zero-order chi connectivity index (χ0) is 12.0. The van der Waals surface area contributed by atoms with Crippen molar-refractivity contribution in [3.63, 3.8) is 0 Å². The van der Waals surface area contributed by atoms with E-state index in [1.165, 1.54) is 0 Å². The summed E-state index contributed by atoms with van der Waals surface area (Å²) in [5.41, 5.74) is 6.84. The van der Waals surface area contributed by atoms with E-state index in [9.17, 15) is 4.79 Å². The smallest absolute Gasteiger partial charge is 0.356 e. The molecule has 1 aliphatic heterocycles. The zero-order valence-electron chi connectivity index (χ0n) is 9.05. The highest BCUT2D eigenvalue weighted by Gasteiger charge is 2.26. The lowest BCUT2D eigenvalue weighted by Crippen LogP contribution is -2.40. The molecule has 0 unspecified atom stereocenters. The first kappa shape index (κ1) is 10.1. The van der Waals surface area contributed by atoms with E-state index in [-0.39, 0.29) is 11.6 Å². The Labute approximate surface area is 97.1 Å². The number of carboxylic acids is 1. The molecule has 1 fully saturated rings. The summed E-state index contributed by atoms with van der Waals surface area (Å²) in [6.45, 7) is 1.67. The molecule has 0 spiro atoms. The number of fused-ring (bicyclic) bond motifs is 1. The maximum absolute atomic E-state index is 11.1. The minimum Gasteiger partial charge on any atom is -0.476 e. The van der Waals surface area contributed by atoms with Gasteiger partial charge < -0.3 is 20.6 Å². The van der Waals surface area contributed by atoms with Gasteiger partial charge >= 0.3 is 5.97 Å². The summed E-state index contributed by atoms with van der Waals surface area (Å²) in [6.07, 6.45) is 1.78. The molecule has 3 heterocycles. The molecule has 0 saturated carbocycles. The lowest BCUT2D eigenvalue weighted by atomic mass is 10.0. The van der Waals surface area contributed by atoms with Gasteiger partial charge in [-0.1, -0.05) is 0 Å². The van der Waals surface area contributed by atoms with Gasteiger partial charge in [0.2, 0.25) is 0 Å². The number of rotatable bonds is 2. The molecule has 3 rings (SSSR count). The summed E-state index contributed by atoms with van der Waals surface area (Å²) in [7, 11) is 0. The number of nitrogens with zero attached hydrogens (tertiary/aromatic N) is 2. The first-order valence-electron chi connectivity index (χ1n) is 5.38. The average molecular weight is 232 g/mol. The SMILES string of the molecule is Nc1ccn2c(C3CNC3)nc(C(=O)O)c2c1. The molecule has 17 heavy (non-hydrogen) atoms. The number of hydrogen-bond donors (Lipinski definition) is 3. The van der Waals surface area contributed by atoms with Gasteiger partial charge in [0.25, 0.3) is 0 Å². The molecule has 0 aromatic carbocycles. The van der Waals surface area contributed by atoms with Crippen molar-refractivity contribution in [2.24, 2.45) is 0 Å². The fraction of sp³-hybridized carbons (Fsp3) is 0.273. The molecule has 0 bridgehead atoms. The average Bonchev–Trinajstić information content (AvgIpc) is 2.54. The predicted molar refractivity (Wildman–Crippen MR) is 62.2 cm³/mol. The van der Waals surface area contributed by atoms with Crippen LogP contribution in [0.3, 0.4) is 0 Å². The molecular weight excluding hydrogens is 220 g/mol. The van der Waals surface area contributed by atoms with Crippen molar-refractivity contribution in [2.75, 3.05) is 18.8 Å². The Morgan fingerprint density at radius 2 is 2.35 bits per heavy atom. The largest absolute Gasteiger partial charge is 0.476 e. The van der Waals surface area contributed by atoms with Crippen molar-refractivity contribution in [3.05, 3.63) is 29.8 Å². The Morgan fingerprint density at radius 1 is 1.59 bits per heavy atom. The summed E-state index contributed by atoms with van der Waals surface area (Å²) >= 11 is 0. The van der Waals surface area contributed by atoms with Crippen LogP contribution >= 0.6 is 0 Å². The monoisotopic (exact) mass is 232 g/mol. The number of aromatic carboxylic acids is 1. The van der Waals surface area contributed by atoms with E-state index in [0.717, 1.165) is 18.9 Å². The van der Waals surface area contributed by atoms with Crippen molar-refractivity contribution >= 4 is 17.2 Å². The highest BCUT2D eigenvalue weighted by atomic mass is 16.4. The summed E-state index contributed by atoms with van der Waals surface area (Å²) in [5.74, 6) is 0.0435. The van der Waals surface area contributed by atoms with Crippen LogP contribution in [-0.2, 0) is 0 Å². The molecule has 88 valence electrons. The van der Waals surface area contributed by atoms with Gasteiger partial charge in [0, 0.05) is 30.9 Å². The second-order valence-electron chi connectivity index (χ2n) is 4.19. The molecule has 1 aliphatic rings. The lowest BCUT2D eigenvalue weighted by molar-refractivity contribution is 0.0693. The summed E-state index contributed by atoms with van der Waals surface area (Å²) in [5, 5.41) is 12.3. The van der Waals surface area contributed by atoms with Crippen molar-refractivity contribution in [2.45, 2.75) is 5.92 Å². The molecule has 1 saturated heterocycles. The summed E-state index contributed by atoms with van der Waals surface area (Å²) < 4.78 is 1.81. The van der Waals surface area contributed by atoms with Crippen LogP contribution in [0.2, 0.25) is 0 Å². The van der Waals surface area contributed by atoms with E-state index in [0.29, 0.717) is 11.2 Å². The second-order valence-corrected chi connectivity index (χ2v) is 4.19. The van der Waals surface area contributed by atoms with Gasteiger partial charge in [0.1, 0.15) is 5.82 Å². The van der Waals surface area contributed by atoms with Crippen molar-refractivity contribution < 1.29 is 9.90 Å². The van der Waals surface area contributed by atoms with E-state index in [1.807, 2.05) is 4.40 Å². The van der Waals surface area contributed by atoms with Gasteiger partial charge in [-0.3, -0.25) is 0 Å². The van der Waals surface area contributed by atoms with E-state index < -0.39 is 5.97 Å². The summed E-state index contributed by atoms with van der Waals surface area (Å²) in [6, 6.07) is 3.39. The van der Waals surface area contributed by atoms with E-state index in [1.54, 1.807) is 18.3 Å². The third kappa shape index (κ3) is 1.45. The molecule has 0 aliphatic carbocycles. The number of carbonyl (C=O) groups is 1. The van der Waals surface area contributed by atoms with Crippen molar-refractivity contribution in [1.82, 2.24) is 14.7 Å². The van der Waals surface area contributed by atoms with Crippen LogP contribution in [-0.4, -0.2) is 33.6 Å². The maximum Gasteiger partial charge on any atom is 0.356 e. The third-order valence-electron chi connectivity index (χ3n) is 3.04. The van der Waals surface area contributed by atoms with Gasteiger partial charge in [-0.25, -0.2) is 9.78 Å². The highest BCUT2D eigenvalue weighted by molar-refractivity contribution is 5.94. The molecule has 6 heteroatoms. The normalized spacial score (nSPS) is 16.0. The Morgan fingerprint density at radius 3 is 2.94 bits per heavy atom. The molecule has 0 radical (unpaired) electrons. The molecule has 0 amide bonds. The number of nitrogens with two attached hydrogens (primary N) is 1. The van der Waals surface area contributed by atoms with Crippen LogP contribution in [0, 0.1) is 0 Å². The standard InChI is InChI=1S/C11H12N4O2/c12-7-1-2-15-8(3-7)9(11(16)17)14-10(15)6-4-13-5-6/h1-3,6,13H,4-5,12H2,(H,16,17). The maximum atomic E-state index is 11.1. The highest BCUT2D eigenvalue weighted by Crippen LogP contribution is 2.24. The first-order valence-corrected chi connectivity index (χ1v) is 5.38. The minimum atomic E-state index is -1.02. The van der Waals surface area contributed by atoms with Gasteiger partial charge in [-0.2, -0.15) is 0 Å². The zero-order valence-corrected chi connectivity index (χ0v) is 9.05. The molecule has 0 atom stereocenters. The Kier molecular flexibility index (Phi) is 2.05. The van der Waals surface area contributed by atoms with Crippen molar-refractivity contribution in [3.8, 4) is 0 Å². The van der Waals surface area contributed by atoms with Crippen LogP contribution in [0.4, 0.5) is 5.69 Å². The molecule has 6 nitrogen and oxygen atoms in total. The molecule has 4 N–H and O–H groups in total. The first-order chi connectivity index (χ1) is 8.16. The van der Waals surface area contributed by atoms with E-state index in [2.05, 4.69) is 10.3 Å². The lowest BCUT2D eigenvalue weighted by Gasteiger charge is -2.25. The van der Waals surface area contributed by atoms with Gasteiger partial charge in [0.05, 0.1) is 5.52 Å². The quantitative estimate of drug-likeness (QED) is 0.692. The fourth-order valence-electron chi connectivity index (χ4n) is 2.04. The number of carboxylic acid groups (broad SMARTS) is 1.